The highest BCUT2D eigenvalue weighted by Crippen LogP contribution is 2.30. The molecule has 1 aliphatic rings. The predicted octanol–water partition coefficient (Wildman–Crippen LogP) is 4.22. The summed E-state index contributed by atoms with van der Waals surface area (Å²) in [5.41, 5.74) is 2.52. The Labute approximate surface area is 122 Å². The van der Waals surface area contributed by atoms with Gasteiger partial charge in [0.2, 0.25) is 0 Å². The minimum Gasteiger partial charge on any atom is -0.372 e. The average Bonchev–Trinajstić information content (AvgIpc) is 2.23. The highest BCUT2D eigenvalue weighted by atomic mass is 35.5. The number of halogens is 1. The maximum atomic E-state index is 6.40. The average molecular weight is 281 g/mol. The summed E-state index contributed by atoms with van der Waals surface area (Å²) >= 11 is 6.40. The van der Waals surface area contributed by atoms with Crippen molar-refractivity contribution in [3.8, 4) is 0 Å². The van der Waals surface area contributed by atoms with Crippen LogP contribution < -0.4 is 10.2 Å². The molecule has 3 heteroatoms. The SMILES string of the molecule is CN(c1ccc(CNC(C)(C)C)c(Cl)c1)C1CCC1. The van der Waals surface area contributed by atoms with Crippen LogP contribution >= 0.6 is 11.6 Å². The van der Waals surface area contributed by atoms with Gasteiger partial charge in [-0.2, -0.15) is 0 Å². The summed E-state index contributed by atoms with van der Waals surface area (Å²) in [6, 6.07) is 7.13. The van der Waals surface area contributed by atoms with Crippen molar-refractivity contribution in [3.05, 3.63) is 28.8 Å². The maximum absolute atomic E-state index is 6.40. The molecule has 0 bridgehead atoms. The summed E-state index contributed by atoms with van der Waals surface area (Å²) in [5, 5.41) is 4.34. The Kier molecular flexibility index (Phi) is 4.42. The van der Waals surface area contributed by atoms with E-state index in [1.54, 1.807) is 0 Å². The molecule has 0 radical (unpaired) electrons. The van der Waals surface area contributed by atoms with Crippen LogP contribution in [0.25, 0.3) is 0 Å². The molecule has 1 fully saturated rings. The predicted molar refractivity (Wildman–Crippen MR) is 84.1 cm³/mol. The van der Waals surface area contributed by atoms with E-state index in [0.717, 1.165) is 11.6 Å². The van der Waals surface area contributed by atoms with E-state index >= 15 is 0 Å². The van der Waals surface area contributed by atoms with Crippen molar-refractivity contribution in [2.45, 2.75) is 58.2 Å². The third-order valence-corrected chi connectivity index (χ3v) is 4.23. The summed E-state index contributed by atoms with van der Waals surface area (Å²) in [4.78, 5) is 2.36. The van der Waals surface area contributed by atoms with Crippen LogP contribution in [-0.4, -0.2) is 18.6 Å². The number of nitrogens with zero attached hydrogens (tertiary/aromatic N) is 1. The van der Waals surface area contributed by atoms with Crippen molar-refractivity contribution in [2.24, 2.45) is 0 Å². The number of nitrogens with one attached hydrogen (secondary N) is 1. The Morgan fingerprint density at radius 3 is 2.47 bits per heavy atom. The normalized spacial score (nSPS) is 16.3. The summed E-state index contributed by atoms with van der Waals surface area (Å²) in [6.45, 7) is 7.31. The van der Waals surface area contributed by atoms with Crippen LogP contribution in [-0.2, 0) is 6.54 Å². The molecule has 0 amide bonds. The number of hydrogen-bond acceptors (Lipinski definition) is 2. The van der Waals surface area contributed by atoms with Crippen molar-refractivity contribution < 1.29 is 0 Å². The first-order chi connectivity index (χ1) is 8.87. The zero-order chi connectivity index (χ0) is 14.0. The Hall–Kier alpha value is -0.730. The molecule has 19 heavy (non-hydrogen) atoms. The molecule has 0 saturated heterocycles. The minimum absolute atomic E-state index is 0.116. The number of anilines is 1. The van der Waals surface area contributed by atoms with Gasteiger partial charge >= 0.3 is 0 Å². The van der Waals surface area contributed by atoms with Crippen molar-refractivity contribution in [3.63, 3.8) is 0 Å². The maximum Gasteiger partial charge on any atom is 0.0471 e. The first-order valence-electron chi connectivity index (χ1n) is 7.13. The van der Waals surface area contributed by atoms with Crippen molar-refractivity contribution in [1.29, 1.82) is 0 Å². The third-order valence-electron chi connectivity index (χ3n) is 3.88. The monoisotopic (exact) mass is 280 g/mol. The van der Waals surface area contributed by atoms with E-state index in [1.807, 2.05) is 0 Å². The molecule has 0 unspecified atom stereocenters. The molecule has 2 nitrogen and oxygen atoms in total. The summed E-state index contributed by atoms with van der Waals surface area (Å²) in [5.74, 6) is 0. The van der Waals surface area contributed by atoms with Crippen LogP contribution in [0.15, 0.2) is 18.2 Å². The van der Waals surface area contributed by atoms with Crippen LogP contribution in [0.4, 0.5) is 5.69 Å². The van der Waals surface area contributed by atoms with Gasteiger partial charge in [-0.15, -0.1) is 0 Å². The van der Waals surface area contributed by atoms with Gasteiger partial charge < -0.3 is 10.2 Å². The quantitative estimate of drug-likeness (QED) is 0.888. The lowest BCUT2D eigenvalue weighted by molar-refractivity contribution is 0.401. The van der Waals surface area contributed by atoms with Gasteiger partial charge in [-0.25, -0.2) is 0 Å². The Morgan fingerprint density at radius 2 is 2.00 bits per heavy atom. The van der Waals surface area contributed by atoms with Gasteiger partial charge in [0.1, 0.15) is 0 Å². The standard InChI is InChI=1S/C16H25ClN2/c1-16(2,3)18-11-12-8-9-14(10-15(12)17)19(4)13-6-5-7-13/h8-10,13,18H,5-7,11H2,1-4H3. The topological polar surface area (TPSA) is 15.3 Å². The molecule has 2 rings (SSSR count). The van der Waals surface area contributed by atoms with Gasteiger partial charge in [-0.05, 0) is 57.7 Å². The second-order valence-corrected chi connectivity index (χ2v) is 6.98. The molecule has 0 aliphatic heterocycles. The Morgan fingerprint density at radius 1 is 1.32 bits per heavy atom. The van der Waals surface area contributed by atoms with Crippen molar-refractivity contribution in [2.75, 3.05) is 11.9 Å². The molecule has 1 aromatic rings. The largest absolute Gasteiger partial charge is 0.372 e. The van der Waals surface area contributed by atoms with E-state index < -0.39 is 0 Å². The summed E-state index contributed by atoms with van der Waals surface area (Å²) in [6.07, 6.45) is 3.97. The molecule has 0 atom stereocenters. The Balaban J connectivity index is 2.04. The molecule has 1 aromatic carbocycles. The fraction of sp³-hybridized carbons (Fsp3) is 0.625. The molecule has 0 aromatic heterocycles. The zero-order valence-corrected chi connectivity index (χ0v) is 13.2. The van der Waals surface area contributed by atoms with E-state index in [1.165, 1.54) is 30.5 Å². The molecule has 106 valence electrons. The third kappa shape index (κ3) is 3.87. The first-order valence-corrected chi connectivity index (χ1v) is 7.51. The van der Waals surface area contributed by atoms with E-state index in [-0.39, 0.29) is 5.54 Å². The van der Waals surface area contributed by atoms with Gasteiger partial charge in [0.15, 0.2) is 0 Å². The highest BCUT2D eigenvalue weighted by Gasteiger charge is 2.22. The first kappa shape index (κ1) is 14.7. The lowest BCUT2D eigenvalue weighted by Crippen LogP contribution is -2.37. The van der Waals surface area contributed by atoms with Gasteiger partial charge in [-0.1, -0.05) is 17.7 Å². The molecular formula is C16H25ClN2. The molecule has 1 aliphatic carbocycles. The van der Waals surface area contributed by atoms with Crippen LogP contribution in [0.1, 0.15) is 45.6 Å². The molecule has 1 N–H and O–H groups in total. The zero-order valence-electron chi connectivity index (χ0n) is 12.5. The minimum atomic E-state index is 0.116. The number of rotatable bonds is 4. The van der Waals surface area contributed by atoms with E-state index in [9.17, 15) is 0 Å². The molecule has 0 heterocycles. The van der Waals surface area contributed by atoms with E-state index in [2.05, 4.69) is 56.2 Å². The van der Waals surface area contributed by atoms with Crippen molar-refractivity contribution >= 4 is 17.3 Å². The van der Waals surface area contributed by atoms with Gasteiger partial charge in [-0.3, -0.25) is 0 Å². The molecule has 1 saturated carbocycles. The lowest BCUT2D eigenvalue weighted by atomic mass is 9.91. The number of benzene rings is 1. The highest BCUT2D eigenvalue weighted by molar-refractivity contribution is 6.31. The van der Waals surface area contributed by atoms with Crippen LogP contribution in [0.2, 0.25) is 5.02 Å². The van der Waals surface area contributed by atoms with E-state index in [4.69, 9.17) is 11.6 Å². The summed E-state index contributed by atoms with van der Waals surface area (Å²) in [7, 11) is 2.17. The van der Waals surface area contributed by atoms with Crippen LogP contribution in [0.5, 0.6) is 0 Å². The van der Waals surface area contributed by atoms with E-state index in [0.29, 0.717) is 6.04 Å². The van der Waals surface area contributed by atoms with Gasteiger partial charge in [0.25, 0.3) is 0 Å². The van der Waals surface area contributed by atoms with Crippen LogP contribution in [0.3, 0.4) is 0 Å². The Bertz CT molecular complexity index is 433. The van der Waals surface area contributed by atoms with Gasteiger partial charge in [0, 0.05) is 35.9 Å². The summed E-state index contributed by atoms with van der Waals surface area (Å²) < 4.78 is 0. The molecular weight excluding hydrogens is 256 g/mol. The second kappa shape index (κ2) is 5.72. The second-order valence-electron chi connectivity index (χ2n) is 6.57. The lowest BCUT2D eigenvalue weighted by Gasteiger charge is -2.36. The smallest absolute Gasteiger partial charge is 0.0471 e. The van der Waals surface area contributed by atoms with Crippen molar-refractivity contribution in [1.82, 2.24) is 5.32 Å². The number of hydrogen-bond donors (Lipinski definition) is 1. The van der Waals surface area contributed by atoms with Crippen LogP contribution in [0, 0.1) is 0 Å². The fourth-order valence-corrected chi connectivity index (χ4v) is 2.49. The fourth-order valence-electron chi connectivity index (χ4n) is 2.24. The molecule has 0 spiro atoms. The van der Waals surface area contributed by atoms with Gasteiger partial charge in [0.05, 0.1) is 0 Å².